The summed E-state index contributed by atoms with van der Waals surface area (Å²) in [5.74, 6) is 0. The molecule has 2 aromatic carbocycles. The number of nitrogens with one attached hydrogen (secondary N) is 2. The van der Waals surface area contributed by atoms with Crippen molar-refractivity contribution >= 4 is 21.8 Å². The SMILES string of the molecule is CCC(NC)c1ccc2[nH]c3ccccc3c2c1. The fraction of sp³-hybridized carbons (Fsp3) is 0.250. The topological polar surface area (TPSA) is 27.8 Å². The number of para-hydroxylation sites is 1. The number of rotatable bonds is 3. The monoisotopic (exact) mass is 238 g/mol. The van der Waals surface area contributed by atoms with Crippen LogP contribution in [0, 0.1) is 0 Å². The van der Waals surface area contributed by atoms with Crippen molar-refractivity contribution in [2.24, 2.45) is 0 Å². The molecule has 1 unspecified atom stereocenters. The average Bonchev–Trinajstić information content (AvgIpc) is 2.78. The number of H-pyrrole nitrogens is 1. The number of aromatic nitrogens is 1. The van der Waals surface area contributed by atoms with E-state index in [0.29, 0.717) is 6.04 Å². The van der Waals surface area contributed by atoms with Crippen LogP contribution in [-0.4, -0.2) is 12.0 Å². The van der Waals surface area contributed by atoms with Crippen molar-refractivity contribution in [3.8, 4) is 0 Å². The number of benzene rings is 2. The first-order valence-electron chi connectivity index (χ1n) is 6.51. The average molecular weight is 238 g/mol. The molecule has 0 saturated carbocycles. The Bertz CT molecular complexity index is 678. The van der Waals surface area contributed by atoms with Crippen LogP contribution in [0.1, 0.15) is 24.9 Å². The molecule has 0 aliphatic heterocycles. The van der Waals surface area contributed by atoms with Gasteiger partial charge in [-0.05, 0) is 37.2 Å². The van der Waals surface area contributed by atoms with Gasteiger partial charge < -0.3 is 10.3 Å². The zero-order chi connectivity index (χ0) is 12.5. The molecule has 2 nitrogen and oxygen atoms in total. The van der Waals surface area contributed by atoms with E-state index < -0.39 is 0 Å². The summed E-state index contributed by atoms with van der Waals surface area (Å²) in [5.41, 5.74) is 3.78. The minimum absolute atomic E-state index is 0.433. The number of fused-ring (bicyclic) bond motifs is 3. The standard InChI is InChI=1S/C16H18N2/c1-3-14(17-2)11-8-9-16-13(10-11)12-6-4-5-7-15(12)18-16/h4-10,14,17-18H,3H2,1-2H3. The van der Waals surface area contributed by atoms with E-state index in [0.717, 1.165) is 6.42 Å². The maximum Gasteiger partial charge on any atom is 0.0465 e. The van der Waals surface area contributed by atoms with Crippen molar-refractivity contribution in [1.82, 2.24) is 10.3 Å². The lowest BCUT2D eigenvalue weighted by molar-refractivity contribution is 0.577. The van der Waals surface area contributed by atoms with Crippen LogP contribution < -0.4 is 5.32 Å². The van der Waals surface area contributed by atoms with Gasteiger partial charge in [0.05, 0.1) is 0 Å². The van der Waals surface area contributed by atoms with E-state index in [-0.39, 0.29) is 0 Å². The lowest BCUT2D eigenvalue weighted by atomic mass is 10.0. The van der Waals surface area contributed by atoms with E-state index in [1.807, 2.05) is 7.05 Å². The Balaban J connectivity index is 2.24. The first kappa shape index (κ1) is 11.3. The van der Waals surface area contributed by atoms with Gasteiger partial charge in [0.15, 0.2) is 0 Å². The Labute approximate surface area is 107 Å². The lowest BCUT2D eigenvalue weighted by Crippen LogP contribution is -2.14. The molecule has 0 radical (unpaired) electrons. The third-order valence-corrected chi connectivity index (χ3v) is 3.69. The first-order valence-corrected chi connectivity index (χ1v) is 6.51. The van der Waals surface area contributed by atoms with Crippen molar-refractivity contribution < 1.29 is 0 Å². The Morgan fingerprint density at radius 3 is 2.61 bits per heavy atom. The number of aromatic amines is 1. The molecule has 0 bridgehead atoms. The van der Waals surface area contributed by atoms with Crippen LogP contribution in [0.3, 0.4) is 0 Å². The van der Waals surface area contributed by atoms with Crippen molar-refractivity contribution in [3.63, 3.8) is 0 Å². The van der Waals surface area contributed by atoms with Gasteiger partial charge in [0, 0.05) is 27.8 Å². The minimum atomic E-state index is 0.433. The molecule has 0 spiro atoms. The zero-order valence-electron chi connectivity index (χ0n) is 10.8. The molecule has 1 aromatic heterocycles. The van der Waals surface area contributed by atoms with Gasteiger partial charge >= 0.3 is 0 Å². The number of hydrogen-bond donors (Lipinski definition) is 2. The molecule has 0 amide bonds. The van der Waals surface area contributed by atoms with Gasteiger partial charge in [-0.2, -0.15) is 0 Å². The summed E-state index contributed by atoms with van der Waals surface area (Å²) in [6, 6.07) is 15.6. The van der Waals surface area contributed by atoms with Crippen LogP contribution in [0.15, 0.2) is 42.5 Å². The van der Waals surface area contributed by atoms with Gasteiger partial charge in [0.2, 0.25) is 0 Å². The highest BCUT2D eigenvalue weighted by molar-refractivity contribution is 6.07. The van der Waals surface area contributed by atoms with Crippen molar-refractivity contribution in [2.45, 2.75) is 19.4 Å². The summed E-state index contributed by atoms with van der Waals surface area (Å²) in [7, 11) is 2.02. The van der Waals surface area contributed by atoms with E-state index in [2.05, 4.69) is 59.7 Å². The summed E-state index contributed by atoms with van der Waals surface area (Å²) < 4.78 is 0. The second kappa shape index (κ2) is 4.46. The van der Waals surface area contributed by atoms with E-state index >= 15 is 0 Å². The first-order chi connectivity index (χ1) is 8.83. The molecule has 1 heterocycles. The minimum Gasteiger partial charge on any atom is -0.355 e. The van der Waals surface area contributed by atoms with Crippen LogP contribution in [0.4, 0.5) is 0 Å². The van der Waals surface area contributed by atoms with Crippen LogP contribution in [0.25, 0.3) is 21.8 Å². The van der Waals surface area contributed by atoms with Gasteiger partial charge in [-0.3, -0.25) is 0 Å². The smallest absolute Gasteiger partial charge is 0.0465 e. The Kier molecular flexibility index (Phi) is 2.80. The molecular weight excluding hydrogens is 220 g/mol. The van der Waals surface area contributed by atoms with E-state index in [9.17, 15) is 0 Å². The fourth-order valence-corrected chi connectivity index (χ4v) is 2.69. The summed E-state index contributed by atoms with van der Waals surface area (Å²) in [6.45, 7) is 2.21. The zero-order valence-corrected chi connectivity index (χ0v) is 10.8. The largest absolute Gasteiger partial charge is 0.355 e. The molecular formula is C16H18N2. The maximum absolute atomic E-state index is 3.46. The molecule has 2 N–H and O–H groups in total. The van der Waals surface area contributed by atoms with Crippen molar-refractivity contribution in [1.29, 1.82) is 0 Å². The summed E-state index contributed by atoms with van der Waals surface area (Å²) in [4.78, 5) is 3.46. The fourth-order valence-electron chi connectivity index (χ4n) is 2.69. The maximum atomic E-state index is 3.46. The second-order valence-corrected chi connectivity index (χ2v) is 4.73. The van der Waals surface area contributed by atoms with Gasteiger partial charge in [-0.15, -0.1) is 0 Å². The van der Waals surface area contributed by atoms with Crippen molar-refractivity contribution in [3.05, 3.63) is 48.0 Å². The van der Waals surface area contributed by atoms with E-state index in [1.165, 1.54) is 27.4 Å². The highest BCUT2D eigenvalue weighted by Gasteiger charge is 2.09. The van der Waals surface area contributed by atoms with E-state index in [1.54, 1.807) is 0 Å². The molecule has 2 heteroatoms. The van der Waals surface area contributed by atoms with Gasteiger partial charge in [-0.1, -0.05) is 31.2 Å². The van der Waals surface area contributed by atoms with Gasteiger partial charge in [0.25, 0.3) is 0 Å². The highest BCUT2D eigenvalue weighted by atomic mass is 14.9. The summed E-state index contributed by atoms with van der Waals surface area (Å²) >= 11 is 0. The third kappa shape index (κ3) is 1.70. The van der Waals surface area contributed by atoms with Crippen LogP contribution in [0.5, 0.6) is 0 Å². The quantitative estimate of drug-likeness (QED) is 0.709. The predicted octanol–water partition coefficient (Wildman–Crippen LogP) is 3.99. The Hall–Kier alpha value is -1.80. The van der Waals surface area contributed by atoms with Gasteiger partial charge in [-0.25, -0.2) is 0 Å². The molecule has 18 heavy (non-hydrogen) atoms. The summed E-state index contributed by atoms with van der Waals surface area (Å²) in [6.07, 6.45) is 1.10. The molecule has 0 saturated heterocycles. The molecule has 1 atom stereocenters. The van der Waals surface area contributed by atoms with Crippen LogP contribution >= 0.6 is 0 Å². The van der Waals surface area contributed by atoms with Crippen LogP contribution in [-0.2, 0) is 0 Å². The molecule has 92 valence electrons. The molecule has 0 aliphatic rings. The Morgan fingerprint density at radius 2 is 1.83 bits per heavy atom. The number of hydrogen-bond acceptors (Lipinski definition) is 1. The normalized spacial score (nSPS) is 13.2. The molecule has 3 aromatic rings. The third-order valence-electron chi connectivity index (χ3n) is 3.69. The second-order valence-electron chi connectivity index (χ2n) is 4.73. The summed E-state index contributed by atoms with van der Waals surface area (Å²) in [5, 5.41) is 5.99. The molecule has 3 rings (SSSR count). The lowest BCUT2D eigenvalue weighted by Gasteiger charge is -2.14. The predicted molar refractivity (Wildman–Crippen MR) is 77.9 cm³/mol. The Morgan fingerprint density at radius 1 is 1.06 bits per heavy atom. The van der Waals surface area contributed by atoms with Crippen molar-refractivity contribution in [2.75, 3.05) is 7.05 Å². The van der Waals surface area contributed by atoms with Crippen LogP contribution in [0.2, 0.25) is 0 Å². The van der Waals surface area contributed by atoms with E-state index in [4.69, 9.17) is 0 Å². The highest BCUT2D eigenvalue weighted by Crippen LogP contribution is 2.28. The molecule has 0 fully saturated rings. The van der Waals surface area contributed by atoms with Gasteiger partial charge in [0.1, 0.15) is 0 Å². The molecule has 0 aliphatic carbocycles.